The number of rotatable bonds is 8. The zero-order valence-electron chi connectivity index (χ0n) is 16.0. The van der Waals surface area contributed by atoms with Crippen LogP contribution >= 0.6 is 23.5 Å². The maximum atomic E-state index is 14.0. The van der Waals surface area contributed by atoms with Crippen molar-refractivity contribution in [2.45, 2.75) is 36.0 Å². The van der Waals surface area contributed by atoms with Gasteiger partial charge >= 0.3 is 20.0 Å². The number of thioether (sulfide) groups is 2. The molecule has 0 aliphatic carbocycles. The zero-order chi connectivity index (χ0) is 23.4. The third kappa shape index (κ3) is 8.36. The maximum Gasteiger partial charge on any atom is 0.658 e. The summed E-state index contributed by atoms with van der Waals surface area (Å²) in [5, 5.41) is 0. The molecule has 2 nitrogen and oxygen atoms in total. The fraction of sp³-hybridized carbons (Fsp3) is 0.333. The molecule has 0 bridgehead atoms. The number of benzene rings is 2. The van der Waals surface area contributed by atoms with Gasteiger partial charge in [-0.25, -0.2) is 8.78 Å². The fourth-order valence-corrected chi connectivity index (χ4v) is 3.80. The molecule has 2 aromatic carbocycles. The van der Waals surface area contributed by atoms with E-state index in [4.69, 9.17) is 9.31 Å². The molecule has 169 valence electrons. The summed E-state index contributed by atoms with van der Waals surface area (Å²) in [5.41, 5.74) is 0.520. The predicted molar refractivity (Wildman–Crippen MR) is 103 cm³/mol. The first kappa shape index (κ1) is 25.5. The Morgan fingerprint density at radius 3 is 1.39 bits per heavy atom. The third-order valence-corrected chi connectivity index (χ3v) is 6.04. The highest BCUT2D eigenvalue weighted by Gasteiger charge is 2.29. The van der Waals surface area contributed by atoms with E-state index in [-0.39, 0.29) is 20.9 Å². The van der Waals surface area contributed by atoms with Crippen LogP contribution in [0, 0.1) is 25.5 Å². The Kier molecular flexibility index (Phi) is 8.43. The normalized spacial score (nSPS) is 12.1. The molecule has 0 unspecified atom stereocenters. The summed E-state index contributed by atoms with van der Waals surface area (Å²) in [6.45, 7) is 2.85. The van der Waals surface area contributed by atoms with Gasteiger partial charge in [0.1, 0.15) is 11.5 Å². The van der Waals surface area contributed by atoms with Crippen molar-refractivity contribution in [3.8, 4) is 11.5 Å². The second-order valence-corrected chi connectivity index (χ2v) is 8.27. The average molecular weight is 489 g/mol. The molecule has 2 rings (SSSR count). The lowest BCUT2D eigenvalue weighted by molar-refractivity contribution is -0.106. The lowest BCUT2D eigenvalue weighted by Crippen LogP contribution is -2.14. The Morgan fingerprint density at radius 2 is 1.06 bits per heavy atom. The third-order valence-electron chi connectivity index (χ3n) is 3.59. The van der Waals surface area contributed by atoms with Crippen molar-refractivity contribution < 1.29 is 44.4 Å². The van der Waals surface area contributed by atoms with Crippen molar-refractivity contribution >= 4 is 31.2 Å². The molecule has 0 heterocycles. The van der Waals surface area contributed by atoms with Gasteiger partial charge in [0.2, 0.25) is 0 Å². The van der Waals surface area contributed by atoms with Crippen LogP contribution in [0.25, 0.3) is 0 Å². The van der Waals surface area contributed by atoms with Crippen LogP contribution in [0.3, 0.4) is 0 Å². The van der Waals surface area contributed by atoms with E-state index in [0.29, 0.717) is 31.2 Å². The molecule has 2 aromatic rings. The van der Waals surface area contributed by atoms with Crippen LogP contribution in [-0.4, -0.2) is 31.5 Å². The summed E-state index contributed by atoms with van der Waals surface area (Å²) in [4.78, 5) is 0.240. The Morgan fingerprint density at radius 1 is 0.710 bits per heavy atom. The highest BCUT2D eigenvalue weighted by molar-refractivity contribution is 7.99. The van der Waals surface area contributed by atoms with Gasteiger partial charge in [0, 0.05) is 9.79 Å². The summed E-state index contributed by atoms with van der Waals surface area (Å²) in [5.74, 6) is -5.08. The van der Waals surface area contributed by atoms with E-state index in [1.165, 1.54) is 13.8 Å². The van der Waals surface area contributed by atoms with Crippen molar-refractivity contribution in [1.82, 2.24) is 0 Å². The van der Waals surface area contributed by atoms with Gasteiger partial charge in [-0.3, -0.25) is 0 Å². The molecular formula is C18H14BF8O2S2. The molecule has 0 saturated heterocycles. The number of hydrogen-bond acceptors (Lipinski definition) is 4. The number of alkyl halides is 6. The Hall–Kier alpha value is -1.76. The standard InChI is InChI=1S/C18H14BF8O2S2/c1-9-3-11(20)13(5-15(9)30-7-17(22,23)24)28-19-29-14-6-16(10(2)4-12(14)21)31-8-18(25,26)27/h3-6H,7-8H2,1-2H3. The van der Waals surface area contributed by atoms with Crippen molar-refractivity contribution in [2.24, 2.45) is 0 Å². The maximum absolute atomic E-state index is 14.0. The molecule has 0 aliphatic heterocycles. The molecular weight excluding hydrogens is 475 g/mol. The van der Waals surface area contributed by atoms with Crippen molar-refractivity contribution in [1.29, 1.82) is 0 Å². The van der Waals surface area contributed by atoms with Crippen LogP contribution in [0.1, 0.15) is 11.1 Å². The summed E-state index contributed by atoms with van der Waals surface area (Å²) in [6, 6.07) is 4.02. The van der Waals surface area contributed by atoms with Crippen molar-refractivity contribution in [3.05, 3.63) is 47.0 Å². The highest BCUT2D eigenvalue weighted by atomic mass is 32.2. The van der Waals surface area contributed by atoms with Crippen LogP contribution in [0.2, 0.25) is 0 Å². The summed E-state index contributed by atoms with van der Waals surface area (Å²) < 4.78 is 112. The first-order valence-corrected chi connectivity index (χ1v) is 10.4. The number of aryl methyl sites for hydroxylation is 2. The molecule has 0 aromatic heterocycles. The molecule has 0 amide bonds. The van der Waals surface area contributed by atoms with Gasteiger partial charge in [0.25, 0.3) is 0 Å². The van der Waals surface area contributed by atoms with E-state index in [0.717, 1.165) is 24.3 Å². The van der Waals surface area contributed by atoms with Gasteiger partial charge in [-0.15, -0.1) is 23.5 Å². The van der Waals surface area contributed by atoms with E-state index in [1.54, 1.807) is 0 Å². The van der Waals surface area contributed by atoms with Crippen LogP contribution in [-0.2, 0) is 0 Å². The Balaban J connectivity index is 2.07. The smallest absolute Gasteiger partial charge is 0.524 e. The summed E-state index contributed by atoms with van der Waals surface area (Å²) >= 11 is 0.878. The first-order valence-electron chi connectivity index (χ1n) is 8.39. The molecule has 0 aliphatic rings. The van der Waals surface area contributed by atoms with Gasteiger partial charge in [-0.1, -0.05) is 0 Å². The second-order valence-electron chi connectivity index (χ2n) is 6.24. The minimum absolute atomic E-state index is 0.120. The Bertz CT molecular complexity index is 845. The van der Waals surface area contributed by atoms with E-state index >= 15 is 0 Å². The first-order chi connectivity index (χ1) is 14.2. The van der Waals surface area contributed by atoms with Gasteiger partial charge in [-0.05, 0) is 49.2 Å². The van der Waals surface area contributed by atoms with Gasteiger partial charge < -0.3 is 9.31 Å². The van der Waals surface area contributed by atoms with Gasteiger partial charge in [-0.2, -0.15) is 26.3 Å². The molecule has 13 heteroatoms. The minimum atomic E-state index is -4.42. The SMILES string of the molecule is Cc1cc(F)c(O[B]Oc2cc(SCC(F)(F)F)c(C)cc2F)cc1SCC(F)(F)F. The van der Waals surface area contributed by atoms with Crippen LogP contribution in [0.4, 0.5) is 35.1 Å². The zero-order valence-corrected chi connectivity index (χ0v) is 17.6. The minimum Gasteiger partial charge on any atom is -0.524 e. The average Bonchev–Trinajstić information content (AvgIpc) is 2.61. The predicted octanol–water partition coefficient (Wildman–Crippen LogP) is 6.88. The second kappa shape index (κ2) is 10.2. The molecule has 0 N–H and O–H groups in total. The lowest BCUT2D eigenvalue weighted by Gasteiger charge is -2.14. The highest BCUT2D eigenvalue weighted by Crippen LogP contribution is 2.35. The van der Waals surface area contributed by atoms with Gasteiger partial charge in [0.15, 0.2) is 11.6 Å². The van der Waals surface area contributed by atoms with Gasteiger partial charge in [0.05, 0.1) is 11.5 Å². The van der Waals surface area contributed by atoms with Crippen LogP contribution < -0.4 is 9.31 Å². The monoisotopic (exact) mass is 489 g/mol. The summed E-state index contributed by atoms with van der Waals surface area (Å²) in [7, 11) is 0.540. The van der Waals surface area contributed by atoms with E-state index in [9.17, 15) is 35.1 Å². The summed E-state index contributed by atoms with van der Waals surface area (Å²) in [6.07, 6.45) is -8.85. The molecule has 0 saturated carbocycles. The largest absolute Gasteiger partial charge is 0.658 e. The van der Waals surface area contributed by atoms with E-state index in [2.05, 4.69) is 0 Å². The van der Waals surface area contributed by atoms with E-state index < -0.39 is 47.0 Å². The quantitative estimate of drug-likeness (QED) is 0.229. The lowest BCUT2D eigenvalue weighted by atomic mass is 10.2. The van der Waals surface area contributed by atoms with Crippen molar-refractivity contribution in [3.63, 3.8) is 0 Å². The number of hydrogen-bond donors (Lipinski definition) is 0. The molecule has 31 heavy (non-hydrogen) atoms. The molecule has 0 fully saturated rings. The van der Waals surface area contributed by atoms with Crippen molar-refractivity contribution in [2.75, 3.05) is 11.5 Å². The van der Waals surface area contributed by atoms with Crippen LogP contribution in [0.15, 0.2) is 34.1 Å². The van der Waals surface area contributed by atoms with Crippen LogP contribution in [0.5, 0.6) is 11.5 Å². The number of halogens is 8. The topological polar surface area (TPSA) is 18.5 Å². The molecule has 0 spiro atoms. The Labute approximate surface area is 182 Å². The molecule has 0 atom stereocenters. The fourth-order valence-electron chi connectivity index (χ4n) is 2.21. The molecule has 1 radical (unpaired) electrons. The van der Waals surface area contributed by atoms with E-state index in [1.807, 2.05) is 0 Å².